The molecule has 0 bridgehead atoms. The predicted molar refractivity (Wildman–Crippen MR) is 65.4 cm³/mol. The van der Waals surface area contributed by atoms with E-state index in [2.05, 4.69) is 5.32 Å². The minimum absolute atomic E-state index is 0.00259. The normalized spacial score (nSPS) is 29.5. The predicted octanol–water partition coefficient (Wildman–Crippen LogP) is 1.30. The van der Waals surface area contributed by atoms with E-state index in [1.54, 1.807) is 0 Å². The van der Waals surface area contributed by atoms with Crippen molar-refractivity contribution < 1.29 is 9.59 Å². The number of carbonyl (C=O) groups is 2. The molecule has 2 fully saturated rings. The third-order valence-corrected chi connectivity index (χ3v) is 3.92. The van der Waals surface area contributed by atoms with Gasteiger partial charge in [-0.05, 0) is 32.2 Å². The van der Waals surface area contributed by atoms with Gasteiger partial charge in [-0.1, -0.05) is 13.3 Å². The number of nitrogens with zero attached hydrogens (tertiary/aromatic N) is 1. The molecule has 0 aromatic heterocycles. The highest BCUT2D eigenvalue weighted by Crippen LogP contribution is 2.24. The van der Waals surface area contributed by atoms with Gasteiger partial charge >= 0.3 is 0 Å². The number of hydrogen-bond acceptors (Lipinski definition) is 3. The van der Waals surface area contributed by atoms with Gasteiger partial charge in [0.15, 0.2) is 0 Å². The molecular weight excluding hydrogens is 216 g/mol. The maximum Gasteiger partial charge on any atom is 0.229 e. The molecule has 17 heavy (non-hydrogen) atoms. The van der Waals surface area contributed by atoms with E-state index in [-0.39, 0.29) is 29.8 Å². The summed E-state index contributed by atoms with van der Waals surface area (Å²) >= 11 is 0. The number of imide groups is 1. The number of amides is 2. The number of nitrogens with one attached hydrogen (secondary N) is 1. The molecule has 2 saturated heterocycles. The average Bonchev–Trinajstić information content (AvgIpc) is 2.28. The van der Waals surface area contributed by atoms with Crippen LogP contribution >= 0.6 is 0 Å². The van der Waals surface area contributed by atoms with E-state index in [0.717, 1.165) is 13.0 Å². The monoisotopic (exact) mass is 238 g/mol. The van der Waals surface area contributed by atoms with Gasteiger partial charge in [-0.25, -0.2) is 0 Å². The second kappa shape index (κ2) is 5.17. The lowest BCUT2D eigenvalue weighted by Gasteiger charge is -2.38. The van der Waals surface area contributed by atoms with Crippen molar-refractivity contribution >= 4 is 11.8 Å². The number of likely N-dealkylation sites (tertiary alicyclic amines) is 1. The van der Waals surface area contributed by atoms with Crippen molar-refractivity contribution in [3.05, 3.63) is 0 Å². The van der Waals surface area contributed by atoms with Crippen LogP contribution in [0.5, 0.6) is 0 Å². The Morgan fingerprint density at radius 2 is 1.88 bits per heavy atom. The Bertz CT molecular complexity index is 293. The summed E-state index contributed by atoms with van der Waals surface area (Å²) in [6.45, 7) is 4.97. The zero-order valence-electron chi connectivity index (χ0n) is 10.7. The van der Waals surface area contributed by atoms with Crippen LogP contribution in [0.1, 0.15) is 46.0 Å². The van der Waals surface area contributed by atoms with Crippen molar-refractivity contribution in [3.63, 3.8) is 0 Å². The quantitative estimate of drug-likeness (QED) is 0.738. The van der Waals surface area contributed by atoms with Crippen LogP contribution in [0.15, 0.2) is 0 Å². The number of piperidine rings is 2. The molecule has 0 aromatic carbocycles. The molecular formula is C13H22N2O2. The van der Waals surface area contributed by atoms with Gasteiger partial charge in [0, 0.05) is 18.9 Å². The van der Waals surface area contributed by atoms with Crippen LogP contribution in [-0.2, 0) is 9.59 Å². The average molecular weight is 238 g/mol. The van der Waals surface area contributed by atoms with Gasteiger partial charge in [-0.2, -0.15) is 0 Å². The summed E-state index contributed by atoms with van der Waals surface area (Å²) in [5, 5.41) is 3.42. The summed E-state index contributed by atoms with van der Waals surface area (Å²) in [6, 6.07) is 0.285. The maximum atomic E-state index is 12.0. The molecule has 2 aliphatic rings. The lowest BCUT2D eigenvalue weighted by atomic mass is 9.92. The minimum Gasteiger partial charge on any atom is -0.312 e. The molecule has 2 aliphatic heterocycles. The fourth-order valence-corrected chi connectivity index (χ4v) is 2.93. The van der Waals surface area contributed by atoms with E-state index >= 15 is 0 Å². The molecule has 2 unspecified atom stereocenters. The first-order valence-electron chi connectivity index (χ1n) is 6.68. The molecule has 1 N–H and O–H groups in total. The van der Waals surface area contributed by atoms with Gasteiger partial charge in [0.1, 0.15) is 0 Å². The molecule has 2 rings (SSSR count). The molecule has 96 valence electrons. The third kappa shape index (κ3) is 2.68. The summed E-state index contributed by atoms with van der Waals surface area (Å²) in [4.78, 5) is 25.5. The molecule has 0 spiro atoms. The highest BCUT2D eigenvalue weighted by Gasteiger charge is 2.36. The number of hydrogen-bond donors (Lipinski definition) is 1. The number of rotatable bonds is 2. The lowest BCUT2D eigenvalue weighted by Crippen LogP contribution is -2.56. The molecule has 0 saturated carbocycles. The highest BCUT2D eigenvalue weighted by molar-refractivity contribution is 5.98. The third-order valence-electron chi connectivity index (χ3n) is 3.92. The van der Waals surface area contributed by atoms with Crippen molar-refractivity contribution in [2.45, 2.75) is 58.0 Å². The van der Waals surface area contributed by atoms with Crippen LogP contribution in [-0.4, -0.2) is 35.3 Å². The van der Waals surface area contributed by atoms with Crippen molar-refractivity contribution in [2.24, 2.45) is 5.92 Å². The van der Waals surface area contributed by atoms with Crippen LogP contribution < -0.4 is 5.32 Å². The second-order valence-corrected chi connectivity index (χ2v) is 5.47. The van der Waals surface area contributed by atoms with Crippen molar-refractivity contribution in [2.75, 3.05) is 6.54 Å². The highest BCUT2D eigenvalue weighted by atomic mass is 16.2. The van der Waals surface area contributed by atoms with Gasteiger partial charge in [0.25, 0.3) is 0 Å². The molecule has 2 amide bonds. The molecule has 0 radical (unpaired) electrons. The summed E-state index contributed by atoms with van der Waals surface area (Å²) in [6.07, 6.45) is 4.48. The first kappa shape index (κ1) is 12.6. The Kier molecular flexibility index (Phi) is 3.82. The topological polar surface area (TPSA) is 49.4 Å². The summed E-state index contributed by atoms with van der Waals surface area (Å²) in [7, 11) is 0. The van der Waals surface area contributed by atoms with Crippen LogP contribution in [0.4, 0.5) is 0 Å². The molecule has 0 aliphatic carbocycles. The molecule has 2 heterocycles. The fraction of sp³-hybridized carbons (Fsp3) is 0.846. The molecule has 4 heteroatoms. The van der Waals surface area contributed by atoms with E-state index in [0.29, 0.717) is 12.8 Å². The zero-order chi connectivity index (χ0) is 12.4. The van der Waals surface area contributed by atoms with E-state index in [1.807, 2.05) is 13.8 Å². The Hall–Kier alpha value is -0.900. The Balaban J connectivity index is 2.04. The van der Waals surface area contributed by atoms with Crippen LogP contribution in [0, 0.1) is 5.92 Å². The summed E-state index contributed by atoms with van der Waals surface area (Å²) in [5.74, 6) is 0.222. The molecule has 0 aromatic rings. The Morgan fingerprint density at radius 1 is 1.24 bits per heavy atom. The smallest absolute Gasteiger partial charge is 0.229 e. The van der Waals surface area contributed by atoms with Gasteiger partial charge in [-0.3, -0.25) is 14.5 Å². The second-order valence-electron chi connectivity index (χ2n) is 5.47. The summed E-state index contributed by atoms with van der Waals surface area (Å²) in [5.41, 5.74) is 0. The van der Waals surface area contributed by atoms with Crippen LogP contribution in [0.3, 0.4) is 0 Å². The van der Waals surface area contributed by atoms with Gasteiger partial charge < -0.3 is 5.32 Å². The standard InChI is InChI=1S/C13H22N2O2/c1-9-7-12(16)15(13(17)8-9)10(2)11-5-3-4-6-14-11/h9-11,14H,3-8H2,1-2H3. The van der Waals surface area contributed by atoms with Crippen LogP contribution in [0.2, 0.25) is 0 Å². The van der Waals surface area contributed by atoms with E-state index in [1.165, 1.54) is 17.7 Å². The molecule has 4 nitrogen and oxygen atoms in total. The first-order chi connectivity index (χ1) is 8.09. The maximum absolute atomic E-state index is 12.0. The fourth-order valence-electron chi connectivity index (χ4n) is 2.93. The van der Waals surface area contributed by atoms with Gasteiger partial charge in [0.2, 0.25) is 11.8 Å². The number of carbonyl (C=O) groups excluding carboxylic acids is 2. The largest absolute Gasteiger partial charge is 0.312 e. The van der Waals surface area contributed by atoms with Gasteiger partial charge in [-0.15, -0.1) is 0 Å². The van der Waals surface area contributed by atoms with Crippen molar-refractivity contribution in [1.29, 1.82) is 0 Å². The van der Waals surface area contributed by atoms with E-state index in [4.69, 9.17) is 0 Å². The Morgan fingerprint density at radius 3 is 2.41 bits per heavy atom. The van der Waals surface area contributed by atoms with E-state index < -0.39 is 0 Å². The summed E-state index contributed by atoms with van der Waals surface area (Å²) < 4.78 is 0. The SMILES string of the molecule is CC1CC(=O)N(C(C)C2CCCCN2)C(=O)C1. The van der Waals surface area contributed by atoms with Gasteiger partial charge in [0.05, 0.1) is 6.04 Å². The van der Waals surface area contributed by atoms with Crippen molar-refractivity contribution in [3.8, 4) is 0 Å². The van der Waals surface area contributed by atoms with Crippen molar-refractivity contribution in [1.82, 2.24) is 10.2 Å². The van der Waals surface area contributed by atoms with Crippen LogP contribution in [0.25, 0.3) is 0 Å². The zero-order valence-corrected chi connectivity index (χ0v) is 10.7. The minimum atomic E-state index is 0.00259. The lowest BCUT2D eigenvalue weighted by molar-refractivity contribution is -0.153. The van der Waals surface area contributed by atoms with E-state index in [9.17, 15) is 9.59 Å². The Labute approximate surface area is 103 Å². The first-order valence-corrected chi connectivity index (χ1v) is 6.68. The molecule has 2 atom stereocenters.